The Bertz CT molecular complexity index is 685. The van der Waals surface area contributed by atoms with Crippen molar-refractivity contribution in [3.05, 3.63) is 42.5 Å². The first kappa shape index (κ1) is 17.5. The van der Waals surface area contributed by atoms with E-state index in [0.717, 1.165) is 0 Å². The molecule has 8 heteroatoms. The first-order valence-corrected chi connectivity index (χ1v) is 7.31. The van der Waals surface area contributed by atoms with Gasteiger partial charge >= 0.3 is 11.8 Å². The summed E-state index contributed by atoms with van der Waals surface area (Å²) in [6, 6.07) is 6.65. The number of likely N-dealkylation sites (N-methyl/N-ethyl adjacent to an activating group) is 1. The van der Waals surface area contributed by atoms with Gasteiger partial charge in [-0.2, -0.15) is 0 Å². The van der Waals surface area contributed by atoms with Gasteiger partial charge in [0.1, 0.15) is 11.4 Å². The van der Waals surface area contributed by atoms with Crippen molar-refractivity contribution in [1.82, 2.24) is 15.2 Å². The molecule has 0 radical (unpaired) electrons. The van der Waals surface area contributed by atoms with Gasteiger partial charge in [-0.15, -0.1) is 0 Å². The standard InChI is InChI=1S/C16H20N4O4/c1-20(2)12(13-7-5-9-24-13)10-18-14(21)15(22)19-11-6-4-8-17-16(11)23-3/h4-9,12H,10H2,1-3H3,(H,18,21)(H,19,22)/t12-/m0/s1. The predicted octanol–water partition coefficient (Wildman–Crippen LogP) is 1.04. The van der Waals surface area contributed by atoms with Crippen molar-refractivity contribution in [2.75, 3.05) is 33.1 Å². The topological polar surface area (TPSA) is 96.7 Å². The molecular formula is C16H20N4O4. The molecule has 0 unspecified atom stereocenters. The molecule has 1 atom stereocenters. The van der Waals surface area contributed by atoms with E-state index in [1.165, 1.54) is 13.3 Å². The van der Waals surface area contributed by atoms with Crippen LogP contribution in [0.15, 0.2) is 41.1 Å². The van der Waals surface area contributed by atoms with Crippen LogP contribution >= 0.6 is 0 Å². The van der Waals surface area contributed by atoms with Crippen molar-refractivity contribution in [2.24, 2.45) is 0 Å². The number of rotatable bonds is 6. The largest absolute Gasteiger partial charge is 0.480 e. The summed E-state index contributed by atoms with van der Waals surface area (Å²) in [6.45, 7) is 0.233. The lowest BCUT2D eigenvalue weighted by molar-refractivity contribution is -0.136. The molecule has 0 spiro atoms. The van der Waals surface area contributed by atoms with Gasteiger partial charge in [-0.3, -0.25) is 14.5 Å². The SMILES string of the molecule is COc1ncccc1NC(=O)C(=O)NC[C@@H](c1ccco1)N(C)C. The highest BCUT2D eigenvalue weighted by Crippen LogP contribution is 2.20. The van der Waals surface area contributed by atoms with E-state index in [2.05, 4.69) is 15.6 Å². The summed E-state index contributed by atoms with van der Waals surface area (Å²) in [4.78, 5) is 29.9. The maximum atomic E-state index is 12.0. The number of methoxy groups -OCH3 is 1. The molecule has 0 fully saturated rings. The van der Waals surface area contributed by atoms with Crippen LogP contribution in [0.5, 0.6) is 5.88 Å². The Balaban J connectivity index is 1.95. The van der Waals surface area contributed by atoms with Crippen molar-refractivity contribution in [3.8, 4) is 5.88 Å². The molecule has 24 heavy (non-hydrogen) atoms. The quantitative estimate of drug-likeness (QED) is 0.767. The van der Waals surface area contributed by atoms with E-state index >= 15 is 0 Å². The summed E-state index contributed by atoms with van der Waals surface area (Å²) in [6.07, 6.45) is 3.09. The normalized spacial score (nSPS) is 11.8. The van der Waals surface area contributed by atoms with Gasteiger partial charge in [0.25, 0.3) is 0 Å². The monoisotopic (exact) mass is 332 g/mol. The third-order valence-electron chi connectivity index (χ3n) is 3.37. The molecule has 0 aliphatic heterocycles. The molecule has 8 nitrogen and oxygen atoms in total. The fourth-order valence-corrected chi connectivity index (χ4v) is 2.12. The molecule has 0 aromatic carbocycles. The number of nitrogens with zero attached hydrogens (tertiary/aromatic N) is 2. The van der Waals surface area contributed by atoms with Crippen LogP contribution in [0.25, 0.3) is 0 Å². The second kappa shape index (κ2) is 8.11. The van der Waals surface area contributed by atoms with Crippen molar-refractivity contribution in [3.63, 3.8) is 0 Å². The number of ether oxygens (including phenoxy) is 1. The maximum Gasteiger partial charge on any atom is 0.313 e. The van der Waals surface area contributed by atoms with E-state index in [-0.39, 0.29) is 18.5 Å². The Labute approximate surface area is 139 Å². The molecule has 2 heterocycles. The molecule has 0 saturated heterocycles. The van der Waals surface area contributed by atoms with E-state index in [1.54, 1.807) is 24.5 Å². The number of pyridine rings is 1. The van der Waals surface area contributed by atoms with Gasteiger partial charge in [-0.25, -0.2) is 4.98 Å². The number of carbonyl (C=O) groups is 2. The number of aromatic nitrogens is 1. The van der Waals surface area contributed by atoms with E-state index in [0.29, 0.717) is 11.4 Å². The molecule has 0 aliphatic carbocycles. The average molecular weight is 332 g/mol. The Hall–Kier alpha value is -2.87. The number of hydrogen-bond acceptors (Lipinski definition) is 6. The molecule has 0 saturated carbocycles. The Morgan fingerprint density at radius 1 is 1.29 bits per heavy atom. The number of carbonyl (C=O) groups excluding carboxylic acids is 2. The third-order valence-corrected chi connectivity index (χ3v) is 3.37. The van der Waals surface area contributed by atoms with Crippen LogP contribution in [0.2, 0.25) is 0 Å². The number of furan rings is 1. The van der Waals surface area contributed by atoms with Crippen molar-refractivity contribution < 1.29 is 18.7 Å². The zero-order chi connectivity index (χ0) is 17.5. The smallest absolute Gasteiger partial charge is 0.313 e. The van der Waals surface area contributed by atoms with Gasteiger partial charge in [-0.1, -0.05) is 0 Å². The fourth-order valence-electron chi connectivity index (χ4n) is 2.12. The Morgan fingerprint density at radius 3 is 2.71 bits per heavy atom. The second-order valence-corrected chi connectivity index (χ2v) is 5.22. The lowest BCUT2D eigenvalue weighted by Gasteiger charge is -2.22. The second-order valence-electron chi connectivity index (χ2n) is 5.22. The lowest BCUT2D eigenvalue weighted by Crippen LogP contribution is -2.40. The Kier molecular flexibility index (Phi) is 5.91. The molecule has 2 amide bonds. The van der Waals surface area contributed by atoms with E-state index < -0.39 is 11.8 Å². The lowest BCUT2D eigenvalue weighted by atomic mass is 10.2. The van der Waals surface area contributed by atoms with E-state index in [4.69, 9.17) is 9.15 Å². The maximum absolute atomic E-state index is 12.0. The van der Waals surface area contributed by atoms with Gasteiger partial charge in [0, 0.05) is 12.7 Å². The fraction of sp³-hybridized carbons (Fsp3) is 0.312. The zero-order valence-electron chi connectivity index (χ0n) is 13.8. The van der Waals surface area contributed by atoms with Crippen LogP contribution in [0.1, 0.15) is 11.8 Å². The summed E-state index contributed by atoms with van der Waals surface area (Å²) in [5.74, 6) is -0.604. The Morgan fingerprint density at radius 2 is 2.08 bits per heavy atom. The molecule has 128 valence electrons. The van der Waals surface area contributed by atoms with E-state index in [1.807, 2.05) is 25.1 Å². The van der Waals surface area contributed by atoms with Crippen LogP contribution in [-0.4, -0.2) is 49.4 Å². The van der Waals surface area contributed by atoms with Crippen molar-refractivity contribution in [1.29, 1.82) is 0 Å². The van der Waals surface area contributed by atoms with Crippen LogP contribution in [0.3, 0.4) is 0 Å². The van der Waals surface area contributed by atoms with Crippen LogP contribution in [-0.2, 0) is 9.59 Å². The van der Waals surface area contributed by atoms with Gasteiger partial charge in [0.15, 0.2) is 0 Å². The highest BCUT2D eigenvalue weighted by atomic mass is 16.5. The number of amides is 2. The zero-order valence-corrected chi connectivity index (χ0v) is 13.8. The molecule has 2 rings (SSSR count). The van der Waals surface area contributed by atoms with Gasteiger partial charge < -0.3 is 19.8 Å². The van der Waals surface area contributed by atoms with Crippen molar-refractivity contribution in [2.45, 2.75) is 6.04 Å². The minimum absolute atomic E-state index is 0.176. The van der Waals surface area contributed by atoms with Gasteiger partial charge in [0.2, 0.25) is 5.88 Å². The summed E-state index contributed by atoms with van der Waals surface area (Å²) >= 11 is 0. The highest BCUT2D eigenvalue weighted by Gasteiger charge is 2.21. The predicted molar refractivity (Wildman–Crippen MR) is 87.6 cm³/mol. The van der Waals surface area contributed by atoms with Crippen molar-refractivity contribution >= 4 is 17.5 Å². The average Bonchev–Trinajstić information content (AvgIpc) is 3.09. The first-order chi connectivity index (χ1) is 11.5. The summed E-state index contributed by atoms with van der Waals surface area (Å²) < 4.78 is 10.4. The van der Waals surface area contributed by atoms with Crippen LogP contribution < -0.4 is 15.4 Å². The van der Waals surface area contributed by atoms with Crippen LogP contribution in [0, 0.1) is 0 Å². The molecule has 2 aromatic rings. The molecule has 0 bridgehead atoms. The third kappa shape index (κ3) is 4.32. The number of anilines is 1. The molecule has 2 N–H and O–H groups in total. The van der Waals surface area contributed by atoms with Crippen LogP contribution in [0.4, 0.5) is 5.69 Å². The minimum Gasteiger partial charge on any atom is -0.480 e. The molecular weight excluding hydrogens is 312 g/mol. The summed E-state index contributed by atoms with van der Waals surface area (Å²) in [5.41, 5.74) is 0.329. The summed E-state index contributed by atoms with van der Waals surface area (Å²) in [7, 11) is 5.16. The minimum atomic E-state index is -0.793. The molecule has 2 aromatic heterocycles. The van der Waals surface area contributed by atoms with E-state index in [9.17, 15) is 9.59 Å². The molecule has 0 aliphatic rings. The van der Waals surface area contributed by atoms with Gasteiger partial charge in [0.05, 0.1) is 19.4 Å². The number of hydrogen-bond donors (Lipinski definition) is 2. The number of nitrogens with one attached hydrogen (secondary N) is 2. The summed E-state index contributed by atoms with van der Waals surface area (Å²) in [5, 5.41) is 5.07. The first-order valence-electron chi connectivity index (χ1n) is 7.31. The van der Waals surface area contributed by atoms with Gasteiger partial charge in [-0.05, 0) is 38.4 Å². The highest BCUT2D eigenvalue weighted by molar-refractivity contribution is 6.39.